The van der Waals surface area contributed by atoms with Crippen molar-refractivity contribution >= 4 is 10.8 Å². The van der Waals surface area contributed by atoms with Crippen LogP contribution < -0.4 is 5.56 Å². The van der Waals surface area contributed by atoms with Gasteiger partial charge in [0, 0.05) is 11.6 Å². The van der Waals surface area contributed by atoms with Crippen molar-refractivity contribution in [3.63, 3.8) is 0 Å². The molecule has 0 aliphatic heterocycles. The molecule has 0 aliphatic carbocycles. The smallest absolute Gasteiger partial charge is 0.258 e. The lowest BCUT2D eigenvalue weighted by Gasteiger charge is -2.08. The van der Waals surface area contributed by atoms with Gasteiger partial charge in [-0.1, -0.05) is 48.0 Å². The third-order valence-electron chi connectivity index (χ3n) is 3.32. The lowest BCUT2D eigenvalue weighted by molar-refractivity contribution is 0.767. The van der Waals surface area contributed by atoms with Crippen LogP contribution in [0.3, 0.4) is 0 Å². The predicted molar refractivity (Wildman–Crippen MR) is 78.5 cm³/mol. The van der Waals surface area contributed by atoms with Gasteiger partial charge in [-0.25, -0.2) is 0 Å². The minimum Gasteiger partial charge on any atom is -0.311 e. The van der Waals surface area contributed by atoms with Crippen molar-refractivity contribution < 1.29 is 0 Å². The molecule has 0 atom stereocenters. The van der Waals surface area contributed by atoms with Crippen molar-refractivity contribution in [3.8, 4) is 0 Å². The highest BCUT2D eigenvalue weighted by atomic mass is 16.1. The third kappa shape index (κ3) is 2.29. The summed E-state index contributed by atoms with van der Waals surface area (Å²) >= 11 is 0. The van der Waals surface area contributed by atoms with Crippen LogP contribution in [0.2, 0.25) is 0 Å². The Bertz CT molecular complexity index is 786. The molecular formula is C17H15NO. The molecule has 0 saturated heterocycles. The fourth-order valence-corrected chi connectivity index (χ4v) is 2.36. The number of hydrogen-bond acceptors (Lipinski definition) is 1. The highest BCUT2D eigenvalue weighted by Gasteiger charge is 2.02. The first-order chi connectivity index (χ1) is 9.24. The first kappa shape index (κ1) is 11.7. The Kier molecular flexibility index (Phi) is 2.92. The Hall–Kier alpha value is -2.35. The van der Waals surface area contributed by atoms with Crippen LogP contribution in [-0.2, 0) is 6.54 Å². The van der Waals surface area contributed by atoms with Crippen molar-refractivity contribution in [2.75, 3.05) is 0 Å². The van der Waals surface area contributed by atoms with E-state index in [9.17, 15) is 4.79 Å². The number of nitrogens with zero attached hydrogens (tertiary/aromatic N) is 1. The van der Waals surface area contributed by atoms with Crippen LogP contribution in [0.1, 0.15) is 11.1 Å². The number of hydrogen-bond donors (Lipinski definition) is 0. The normalized spacial score (nSPS) is 10.8. The first-order valence-corrected chi connectivity index (χ1v) is 6.38. The first-order valence-electron chi connectivity index (χ1n) is 6.38. The van der Waals surface area contributed by atoms with Crippen LogP contribution >= 0.6 is 0 Å². The van der Waals surface area contributed by atoms with Gasteiger partial charge in [0.1, 0.15) is 0 Å². The number of aryl methyl sites for hydroxylation is 1. The third-order valence-corrected chi connectivity index (χ3v) is 3.32. The average molecular weight is 249 g/mol. The standard InChI is InChI=1S/C17H15NO/c1-13-5-4-6-14(11-13)12-18-10-9-15-7-2-3-8-16(15)17(18)19/h2-11H,12H2,1H3. The molecular weight excluding hydrogens is 234 g/mol. The molecule has 2 heteroatoms. The lowest BCUT2D eigenvalue weighted by atomic mass is 10.1. The molecule has 1 aromatic heterocycles. The summed E-state index contributed by atoms with van der Waals surface area (Å²) in [4.78, 5) is 12.4. The minimum absolute atomic E-state index is 0.0691. The molecule has 0 amide bonds. The summed E-state index contributed by atoms with van der Waals surface area (Å²) in [7, 11) is 0. The second-order valence-corrected chi connectivity index (χ2v) is 4.83. The van der Waals surface area contributed by atoms with Gasteiger partial charge in [-0.05, 0) is 30.0 Å². The van der Waals surface area contributed by atoms with E-state index in [1.54, 1.807) is 4.57 Å². The highest BCUT2D eigenvalue weighted by molar-refractivity contribution is 5.81. The average Bonchev–Trinajstić information content (AvgIpc) is 2.42. The van der Waals surface area contributed by atoms with Crippen molar-refractivity contribution in [2.45, 2.75) is 13.5 Å². The fourth-order valence-electron chi connectivity index (χ4n) is 2.36. The number of fused-ring (bicyclic) bond motifs is 1. The van der Waals surface area contributed by atoms with Crippen LogP contribution in [0.4, 0.5) is 0 Å². The van der Waals surface area contributed by atoms with Gasteiger partial charge in [-0.3, -0.25) is 4.79 Å². The molecule has 0 spiro atoms. The van der Waals surface area contributed by atoms with E-state index in [-0.39, 0.29) is 5.56 Å². The van der Waals surface area contributed by atoms with Gasteiger partial charge in [-0.15, -0.1) is 0 Å². The topological polar surface area (TPSA) is 22.0 Å². The van der Waals surface area contributed by atoms with Crippen LogP contribution in [0.15, 0.2) is 65.6 Å². The molecule has 3 aromatic rings. The van der Waals surface area contributed by atoms with Crippen molar-refractivity contribution in [1.29, 1.82) is 0 Å². The van der Waals surface area contributed by atoms with Crippen LogP contribution in [-0.4, -0.2) is 4.57 Å². The van der Waals surface area contributed by atoms with Crippen LogP contribution in [0, 0.1) is 6.92 Å². The molecule has 0 saturated carbocycles. The van der Waals surface area contributed by atoms with Crippen LogP contribution in [0.25, 0.3) is 10.8 Å². The maximum absolute atomic E-state index is 12.4. The van der Waals surface area contributed by atoms with E-state index >= 15 is 0 Å². The SMILES string of the molecule is Cc1cccc(Cn2ccc3ccccc3c2=O)c1. The number of pyridine rings is 1. The molecule has 0 bridgehead atoms. The maximum atomic E-state index is 12.4. The molecule has 0 N–H and O–H groups in total. The van der Waals surface area contributed by atoms with E-state index in [2.05, 4.69) is 25.1 Å². The Morgan fingerprint density at radius 3 is 2.68 bits per heavy atom. The summed E-state index contributed by atoms with van der Waals surface area (Å²) in [5.41, 5.74) is 2.43. The predicted octanol–water partition coefficient (Wildman–Crippen LogP) is 3.36. The molecule has 0 aliphatic rings. The van der Waals surface area contributed by atoms with E-state index in [1.165, 1.54) is 5.56 Å². The van der Waals surface area contributed by atoms with Gasteiger partial charge in [0.2, 0.25) is 0 Å². The largest absolute Gasteiger partial charge is 0.311 e. The zero-order valence-electron chi connectivity index (χ0n) is 10.8. The summed E-state index contributed by atoms with van der Waals surface area (Å²) in [6, 6.07) is 17.9. The van der Waals surface area contributed by atoms with Crippen molar-refractivity contribution in [1.82, 2.24) is 4.57 Å². The van der Waals surface area contributed by atoms with E-state index < -0.39 is 0 Å². The zero-order valence-corrected chi connectivity index (χ0v) is 10.8. The monoisotopic (exact) mass is 249 g/mol. The molecule has 0 fully saturated rings. The van der Waals surface area contributed by atoms with Gasteiger partial charge >= 0.3 is 0 Å². The number of rotatable bonds is 2. The summed E-state index contributed by atoms with van der Waals surface area (Å²) in [6.45, 7) is 2.68. The second kappa shape index (κ2) is 4.73. The highest BCUT2D eigenvalue weighted by Crippen LogP contribution is 2.10. The Morgan fingerprint density at radius 1 is 1.00 bits per heavy atom. The molecule has 0 radical (unpaired) electrons. The van der Waals surface area contributed by atoms with Crippen molar-refractivity contribution in [2.24, 2.45) is 0 Å². The second-order valence-electron chi connectivity index (χ2n) is 4.83. The van der Waals surface area contributed by atoms with Crippen molar-refractivity contribution in [3.05, 3.63) is 82.3 Å². The molecule has 94 valence electrons. The summed E-state index contributed by atoms with van der Waals surface area (Å²) in [5, 5.41) is 1.77. The molecule has 19 heavy (non-hydrogen) atoms. The summed E-state index contributed by atoms with van der Waals surface area (Å²) in [6.07, 6.45) is 1.87. The fraction of sp³-hybridized carbons (Fsp3) is 0.118. The summed E-state index contributed by atoms with van der Waals surface area (Å²) in [5.74, 6) is 0. The van der Waals surface area contributed by atoms with E-state index in [0.717, 1.165) is 16.3 Å². The zero-order chi connectivity index (χ0) is 13.2. The van der Waals surface area contributed by atoms with Crippen LogP contribution in [0.5, 0.6) is 0 Å². The maximum Gasteiger partial charge on any atom is 0.258 e. The molecule has 2 nitrogen and oxygen atoms in total. The van der Waals surface area contributed by atoms with E-state index in [1.807, 2.05) is 42.6 Å². The quantitative estimate of drug-likeness (QED) is 0.682. The summed E-state index contributed by atoms with van der Waals surface area (Å²) < 4.78 is 1.76. The van der Waals surface area contributed by atoms with E-state index in [0.29, 0.717) is 6.54 Å². The van der Waals surface area contributed by atoms with Gasteiger partial charge in [0.15, 0.2) is 0 Å². The number of benzene rings is 2. The lowest BCUT2D eigenvalue weighted by Crippen LogP contribution is -2.19. The molecule has 3 rings (SSSR count). The molecule has 1 heterocycles. The Labute approximate surface area is 111 Å². The molecule has 2 aromatic carbocycles. The van der Waals surface area contributed by atoms with Gasteiger partial charge < -0.3 is 4.57 Å². The Morgan fingerprint density at radius 2 is 1.84 bits per heavy atom. The number of aromatic nitrogens is 1. The van der Waals surface area contributed by atoms with E-state index in [4.69, 9.17) is 0 Å². The van der Waals surface area contributed by atoms with Gasteiger partial charge in [-0.2, -0.15) is 0 Å². The van der Waals surface area contributed by atoms with Gasteiger partial charge in [0.25, 0.3) is 5.56 Å². The van der Waals surface area contributed by atoms with Gasteiger partial charge in [0.05, 0.1) is 6.54 Å². The molecule has 0 unspecified atom stereocenters. The Balaban J connectivity index is 2.06. The minimum atomic E-state index is 0.0691.